The standard InChI is InChI=1S/C22H25NO4/c1-15-12-21(25)27-22-16(2)20(9-8-19(15)22)26-14-18(24)13-23-11-10-17-6-4-3-5-7-17/h3-9,12,18,23-24H,10-11,13-14H2,1-2H3. The van der Waals surface area contributed by atoms with Crippen molar-refractivity contribution in [3.05, 3.63) is 75.6 Å². The van der Waals surface area contributed by atoms with E-state index < -0.39 is 6.10 Å². The van der Waals surface area contributed by atoms with Crippen LogP contribution in [0.1, 0.15) is 16.7 Å². The van der Waals surface area contributed by atoms with Gasteiger partial charge in [0.2, 0.25) is 0 Å². The molecular weight excluding hydrogens is 342 g/mol. The van der Waals surface area contributed by atoms with Gasteiger partial charge in [0.1, 0.15) is 24.0 Å². The zero-order chi connectivity index (χ0) is 19.2. The van der Waals surface area contributed by atoms with Gasteiger partial charge in [0.05, 0.1) is 0 Å². The summed E-state index contributed by atoms with van der Waals surface area (Å²) in [5.74, 6) is 0.611. The van der Waals surface area contributed by atoms with E-state index in [4.69, 9.17) is 9.15 Å². The highest BCUT2D eigenvalue weighted by Crippen LogP contribution is 2.28. The minimum absolute atomic E-state index is 0.167. The zero-order valence-electron chi connectivity index (χ0n) is 15.7. The SMILES string of the molecule is Cc1cc(=O)oc2c(C)c(OCC(O)CNCCc3ccccc3)ccc12. The number of hydrogen-bond donors (Lipinski definition) is 2. The third kappa shape index (κ3) is 4.96. The molecule has 0 aliphatic rings. The summed E-state index contributed by atoms with van der Waals surface area (Å²) in [6.07, 6.45) is 0.289. The van der Waals surface area contributed by atoms with Crippen molar-refractivity contribution >= 4 is 11.0 Å². The van der Waals surface area contributed by atoms with Crippen LogP contribution in [0.25, 0.3) is 11.0 Å². The second kappa shape index (κ2) is 8.84. The van der Waals surface area contributed by atoms with Gasteiger partial charge >= 0.3 is 5.63 Å². The van der Waals surface area contributed by atoms with Crippen molar-refractivity contribution in [2.24, 2.45) is 0 Å². The van der Waals surface area contributed by atoms with E-state index in [0.717, 1.165) is 29.5 Å². The molecule has 0 bridgehead atoms. The maximum absolute atomic E-state index is 11.6. The van der Waals surface area contributed by atoms with Gasteiger partial charge < -0.3 is 19.6 Å². The molecule has 142 valence electrons. The van der Waals surface area contributed by atoms with E-state index in [1.54, 1.807) is 0 Å². The number of aryl methyl sites for hydroxylation is 2. The summed E-state index contributed by atoms with van der Waals surface area (Å²) in [7, 11) is 0. The molecule has 0 amide bonds. The van der Waals surface area contributed by atoms with Gasteiger partial charge in [-0.2, -0.15) is 0 Å². The third-order valence-electron chi connectivity index (χ3n) is 4.56. The number of aliphatic hydroxyl groups excluding tert-OH is 1. The molecule has 1 heterocycles. The first-order chi connectivity index (χ1) is 13.0. The molecule has 1 unspecified atom stereocenters. The van der Waals surface area contributed by atoms with Gasteiger partial charge in [-0.3, -0.25) is 0 Å². The number of aliphatic hydroxyl groups is 1. The molecule has 1 aromatic heterocycles. The maximum Gasteiger partial charge on any atom is 0.336 e. The number of nitrogens with one attached hydrogen (secondary N) is 1. The lowest BCUT2D eigenvalue weighted by Crippen LogP contribution is -2.32. The summed E-state index contributed by atoms with van der Waals surface area (Å²) >= 11 is 0. The lowest BCUT2D eigenvalue weighted by Gasteiger charge is -2.15. The zero-order valence-corrected chi connectivity index (χ0v) is 15.7. The fraction of sp³-hybridized carbons (Fsp3) is 0.318. The number of benzene rings is 2. The number of rotatable bonds is 8. The lowest BCUT2D eigenvalue weighted by atomic mass is 10.1. The fourth-order valence-electron chi connectivity index (χ4n) is 3.05. The Hall–Kier alpha value is -2.63. The van der Waals surface area contributed by atoms with Crippen LogP contribution in [0.15, 0.2) is 57.7 Å². The van der Waals surface area contributed by atoms with E-state index in [0.29, 0.717) is 17.9 Å². The second-order valence-electron chi connectivity index (χ2n) is 6.72. The van der Waals surface area contributed by atoms with Crippen LogP contribution < -0.4 is 15.7 Å². The molecule has 3 aromatic rings. The van der Waals surface area contributed by atoms with Crippen molar-refractivity contribution < 1.29 is 14.3 Å². The van der Waals surface area contributed by atoms with Gasteiger partial charge in [0.25, 0.3) is 0 Å². The number of hydrogen-bond acceptors (Lipinski definition) is 5. The molecule has 2 N–H and O–H groups in total. The van der Waals surface area contributed by atoms with Crippen molar-refractivity contribution in [2.45, 2.75) is 26.4 Å². The Morgan fingerprint density at radius 1 is 1.15 bits per heavy atom. The molecule has 0 aliphatic heterocycles. The van der Waals surface area contributed by atoms with Gasteiger partial charge in [0, 0.05) is 23.6 Å². The van der Waals surface area contributed by atoms with Crippen LogP contribution in [-0.4, -0.2) is 30.9 Å². The molecular formula is C22H25NO4. The molecule has 0 aliphatic carbocycles. The summed E-state index contributed by atoms with van der Waals surface area (Å²) in [6, 6.07) is 15.4. The molecule has 0 radical (unpaired) electrons. The average Bonchev–Trinajstić information content (AvgIpc) is 2.66. The van der Waals surface area contributed by atoms with Crippen molar-refractivity contribution in [2.75, 3.05) is 19.7 Å². The normalized spacial score (nSPS) is 12.3. The van der Waals surface area contributed by atoms with Crippen LogP contribution in [0.2, 0.25) is 0 Å². The summed E-state index contributed by atoms with van der Waals surface area (Å²) in [6.45, 7) is 5.14. The van der Waals surface area contributed by atoms with Crippen LogP contribution >= 0.6 is 0 Å². The summed E-state index contributed by atoms with van der Waals surface area (Å²) in [5.41, 5.74) is 3.06. The Balaban J connectivity index is 1.52. The van der Waals surface area contributed by atoms with E-state index in [-0.39, 0.29) is 12.2 Å². The average molecular weight is 367 g/mol. The smallest absolute Gasteiger partial charge is 0.336 e. The summed E-state index contributed by atoms with van der Waals surface area (Å²) in [4.78, 5) is 11.6. The number of ether oxygens (including phenoxy) is 1. The van der Waals surface area contributed by atoms with Crippen molar-refractivity contribution in [3.8, 4) is 5.75 Å². The van der Waals surface area contributed by atoms with Gasteiger partial charge in [-0.1, -0.05) is 30.3 Å². The van der Waals surface area contributed by atoms with E-state index >= 15 is 0 Å². The van der Waals surface area contributed by atoms with E-state index in [1.165, 1.54) is 11.6 Å². The Morgan fingerprint density at radius 3 is 2.70 bits per heavy atom. The Morgan fingerprint density at radius 2 is 1.93 bits per heavy atom. The van der Waals surface area contributed by atoms with Crippen LogP contribution in [0.5, 0.6) is 5.75 Å². The predicted molar refractivity (Wildman–Crippen MR) is 106 cm³/mol. The number of fused-ring (bicyclic) bond motifs is 1. The van der Waals surface area contributed by atoms with Crippen LogP contribution in [0.3, 0.4) is 0 Å². The molecule has 3 rings (SSSR count). The highest BCUT2D eigenvalue weighted by molar-refractivity contribution is 5.84. The van der Waals surface area contributed by atoms with E-state index in [1.807, 2.05) is 44.2 Å². The largest absolute Gasteiger partial charge is 0.490 e. The van der Waals surface area contributed by atoms with Crippen molar-refractivity contribution in [1.29, 1.82) is 0 Å². The van der Waals surface area contributed by atoms with Gasteiger partial charge in [0.15, 0.2) is 0 Å². The highest BCUT2D eigenvalue weighted by Gasteiger charge is 2.12. The van der Waals surface area contributed by atoms with Gasteiger partial charge in [-0.25, -0.2) is 4.79 Å². The molecule has 1 atom stereocenters. The topological polar surface area (TPSA) is 71.7 Å². The maximum atomic E-state index is 11.6. The molecule has 0 saturated carbocycles. The fourth-order valence-corrected chi connectivity index (χ4v) is 3.05. The summed E-state index contributed by atoms with van der Waals surface area (Å²) < 4.78 is 11.1. The van der Waals surface area contributed by atoms with E-state index in [9.17, 15) is 9.90 Å². The quantitative estimate of drug-likeness (QED) is 0.473. The first-order valence-electron chi connectivity index (χ1n) is 9.14. The third-order valence-corrected chi connectivity index (χ3v) is 4.56. The Bertz CT molecular complexity index is 950. The van der Waals surface area contributed by atoms with Crippen molar-refractivity contribution in [1.82, 2.24) is 5.32 Å². The van der Waals surface area contributed by atoms with Crippen LogP contribution in [-0.2, 0) is 6.42 Å². The van der Waals surface area contributed by atoms with Gasteiger partial charge in [-0.05, 0) is 50.1 Å². The molecule has 0 saturated heterocycles. The van der Waals surface area contributed by atoms with Crippen LogP contribution in [0.4, 0.5) is 0 Å². The Labute approximate surface area is 158 Å². The highest BCUT2D eigenvalue weighted by atomic mass is 16.5. The lowest BCUT2D eigenvalue weighted by molar-refractivity contribution is 0.106. The van der Waals surface area contributed by atoms with Gasteiger partial charge in [-0.15, -0.1) is 0 Å². The minimum Gasteiger partial charge on any atom is -0.490 e. The van der Waals surface area contributed by atoms with Crippen LogP contribution in [0, 0.1) is 13.8 Å². The second-order valence-corrected chi connectivity index (χ2v) is 6.72. The monoisotopic (exact) mass is 367 g/mol. The first kappa shape index (κ1) is 19.1. The molecule has 5 heteroatoms. The molecule has 2 aromatic carbocycles. The Kier molecular flexibility index (Phi) is 6.27. The van der Waals surface area contributed by atoms with E-state index in [2.05, 4.69) is 17.4 Å². The molecule has 0 fully saturated rings. The minimum atomic E-state index is -0.625. The molecule has 5 nitrogen and oxygen atoms in total. The molecule has 0 spiro atoms. The first-order valence-corrected chi connectivity index (χ1v) is 9.14. The molecule has 27 heavy (non-hydrogen) atoms. The summed E-state index contributed by atoms with van der Waals surface area (Å²) in [5, 5.41) is 14.3. The predicted octanol–water partition coefficient (Wildman–Crippen LogP) is 2.98. The van der Waals surface area contributed by atoms with Crippen molar-refractivity contribution in [3.63, 3.8) is 0 Å².